The predicted octanol–water partition coefficient (Wildman–Crippen LogP) is 5.76. The Labute approximate surface area is 192 Å². The third-order valence-corrected chi connectivity index (χ3v) is 5.25. The van der Waals surface area contributed by atoms with Crippen molar-refractivity contribution in [2.75, 3.05) is 19.0 Å². The average Bonchev–Trinajstić information content (AvgIpc) is 2.84. The van der Waals surface area contributed by atoms with E-state index in [0.717, 1.165) is 27.9 Å². The molecule has 0 radical (unpaired) electrons. The average molecular weight is 440 g/mol. The molecular weight excluding hydrogens is 416 g/mol. The van der Waals surface area contributed by atoms with Gasteiger partial charge in [-0.05, 0) is 68.4 Å². The second kappa shape index (κ2) is 9.53. The van der Waals surface area contributed by atoms with Crippen LogP contribution in [0.15, 0.2) is 72.8 Å². The SMILES string of the molecule is CCOc1cc(-c2cccc(OC)c2)nc2ccc(C(=O)Nc3ccc(C(C)=O)cc3)cc12. The molecule has 6 nitrogen and oxygen atoms in total. The molecule has 1 aromatic heterocycles. The number of nitrogens with zero attached hydrogens (tertiary/aromatic N) is 1. The van der Waals surface area contributed by atoms with E-state index >= 15 is 0 Å². The molecule has 4 rings (SSSR count). The number of ether oxygens (including phenoxy) is 2. The molecule has 0 saturated heterocycles. The first-order chi connectivity index (χ1) is 16.0. The lowest BCUT2D eigenvalue weighted by Crippen LogP contribution is -2.12. The minimum Gasteiger partial charge on any atom is -0.497 e. The van der Waals surface area contributed by atoms with E-state index in [1.54, 1.807) is 43.5 Å². The highest BCUT2D eigenvalue weighted by molar-refractivity contribution is 6.07. The van der Waals surface area contributed by atoms with Gasteiger partial charge in [0.2, 0.25) is 0 Å². The predicted molar refractivity (Wildman–Crippen MR) is 129 cm³/mol. The van der Waals surface area contributed by atoms with Crippen LogP contribution in [-0.2, 0) is 0 Å². The minimum absolute atomic E-state index is 0.0216. The first kappa shape index (κ1) is 22.0. The third-order valence-electron chi connectivity index (χ3n) is 5.25. The van der Waals surface area contributed by atoms with Gasteiger partial charge in [-0.2, -0.15) is 0 Å². The second-order valence-electron chi connectivity index (χ2n) is 7.49. The Morgan fingerprint density at radius 1 is 0.939 bits per heavy atom. The van der Waals surface area contributed by atoms with E-state index in [1.165, 1.54) is 6.92 Å². The lowest BCUT2D eigenvalue weighted by Gasteiger charge is -2.12. The molecule has 4 aromatic rings. The van der Waals surface area contributed by atoms with E-state index in [0.29, 0.717) is 29.2 Å². The van der Waals surface area contributed by atoms with Gasteiger partial charge in [-0.3, -0.25) is 9.59 Å². The van der Waals surface area contributed by atoms with E-state index in [-0.39, 0.29) is 11.7 Å². The normalized spacial score (nSPS) is 10.6. The molecule has 3 aromatic carbocycles. The fourth-order valence-corrected chi connectivity index (χ4v) is 3.53. The molecule has 6 heteroatoms. The first-order valence-electron chi connectivity index (χ1n) is 10.6. The number of methoxy groups -OCH3 is 1. The number of nitrogens with one attached hydrogen (secondary N) is 1. The summed E-state index contributed by atoms with van der Waals surface area (Å²) in [5.41, 5.74) is 4.08. The molecule has 1 amide bonds. The fraction of sp³-hybridized carbons (Fsp3) is 0.148. The molecule has 0 saturated carbocycles. The van der Waals surface area contributed by atoms with E-state index < -0.39 is 0 Å². The summed E-state index contributed by atoms with van der Waals surface area (Å²) in [7, 11) is 1.63. The van der Waals surface area contributed by atoms with Gasteiger partial charge in [0, 0.05) is 33.8 Å². The number of anilines is 1. The molecule has 0 fully saturated rings. The number of pyridine rings is 1. The molecule has 0 aliphatic carbocycles. The van der Waals surface area contributed by atoms with Crippen molar-refractivity contribution >= 4 is 28.3 Å². The van der Waals surface area contributed by atoms with Gasteiger partial charge in [0.1, 0.15) is 11.5 Å². The van der Waals surface area contributed by atoms with Crippen molar-refractivity contribution in [3.05, 3.63) is 83.9 Å². The molecule has 0 aliphatic rings. The van der Waals surface area contributed by atoms with Gasteiger partial charge < -0.3 is 14.8 Å². The monoisotopic (exact) mass is 440 g/mol. The number of rotatable bonds is 7. The zero-order valence-corrected chi connectivity index (χ0v) is 18.7. The van der Waals surface area contributed by atoms with E-state index in [9.17, 15) is 9.59 Å². The van der Waals surface area contributed by atoms with Crippen molar-refractivity contribution in [3.8, 4) is 22.8 Å². The Kier molecular flexibility index (Phi) is 6.36. The van der Waals surface area contributed by atoms with Crippen LogP contribution in [0.5, 0.6) is 11.5 Å². The van der Waals surface area contributed by atoms with Crippen molar-refractivity contribution in [1.82, 2.24) is 4.98 Å². The number of carbonyl (C=O) groups excluding carboxylic acids is 2. The smallest absolute Gasteiger partial charge is 0.255 e. The van der Waals surface area contributed by atoms with Gasteiger partial charge in [0.25, 0.3) is 5.91 Å². The Morgan fingerprint density at radius 3 is 2.39 bits per heavy atom. The Balaban J connectivity index is 1.67. The van der Waals surface area contributed by atoms with Gasteiger partial charge in [-0.25, -0.2) is 4.98 Å². The maximum Gasteiger partial charge on any atom is 0.255 e. The maximum absolute atomic E-state index is 12.9. The number of hydrogen-bond donors (Lipinski definition) is 1. The van der Waals surface area contributed by atoms with E-state index in [4.69, 9.17) is 14.5 Å². The molecule has 166 valence electrons. The maximum atomic E-state index is 12.9. The van der Waals surface area contributed by atoms with Gasteiger partial charge in [0.05, 0.1) is 24.9 Å². The Bertz CT molecular complexity index is 1330. The molecule has 33 heavy (non-hydrogen) atoms. The van der Waals surface area contributed by atoms with Crippen molar-refractivity contribution in [1.29, 1.82) is 0 Å². The summed E-state index contributed by atoms with van der Waals surface area (Å²) in [6, 6.07) is 21.7. The number of Topliss-reactive ketones (excluding diaryl/α,β-unsaturated/α-hetero) is 1. The molecule has 0 spiro atoms. The molecule has 0 aliphatic heterocycles. The zero-order chi connectivity index (χ0) is 23.4. The number of amides is 1. The van der Waals surface area contributed by atoms with Gasteiger partial charge >= 0.3 is 0 Å². The van der Waals surface area contributed by atoms with Crippen LogP contribution in [-0.4, -0.2) is 30.4 Å². The van der Waals surface area contributed by atoms with E-state index in [1.807, 2.05) is 43.3 Å². The standard InChI is InChI=1S/C27H24N2O4/c1-4-33-26-16-25(19-6-5-7-22(14-19)32-3)29-24-13-10-20(15-23(24)26)27(31)28-21-11-8-18(9-12-21)17(2)30/h5-16H,4H2,1-3H3,(H,28,31). The lowest BCUT2D eigenvalue weighted by molar-refractivity contribution is 0.101. The number of benzene rings is 3. The van der Waals surface area contributed by atoms with Crippen LogP contribution < -0.4 is 14.8 Å². The van der Waals surface area contributed by atoms with Gasteiger partial charge in [-0.15, -0.1) is 0 Å². The van der Waals surface area contributed by atoms with Crippen LogP contribution in [0.1, 0.15) is 34.6 Å². The summed E-state index contributed by atoms with van der Waals surface area (Å²) in [5, 5.41) is 3.62. The molecule has 0 unspecified atom stereocenters. The fourth-order valence-electron chi connectivity index (χ4n) is 3.53. The molecule has 0 atom stereocenters. The highest BCUT2D eigenvalue weighted by Crippen LogP contribution is 2.32. The molecule has 1 N–H and O–H groups in total. The summed E-state index contributed by atoms with van der Waals surface area (Å²) >= 11 is 0. The zero-order valence-electron chi connectivity index (χ0n) is 18.7. The highest BCUT2D eigenvalue weighted by Gasteiger charge is 2.13. The van der Waals surface area contributed by atoms with Crippen LogP contribution >= 0.6 is 0 Å². The number of carbonyl (C=O) groups is 2. The summed E-state index contributed by atoms with van der Waals surface area (Å²) in [6.07, 6.45) is 0. The van der Waals surface area contributed by atoms with E-state index in [2.05, 4.69) is 5.32 Å². The van der Waals surface area contributed by atoms with Crippen LogP contribution in [0.4, 0.5) is 5.69 Å². The quantitative estimate of drug-likeness (QED) is 0.370. The van der Waals surface area contributed by atoms with Crippen LogP contribution in [0.2, 0.25) is 0 Å². The number of hydrogen-bond acceptors (Lipinski definition) is 5. The third kappa shape index (κ3) is 4.85. The Morgan fingerprint density at radius 2 is 1.70 bits per heavy atom. The van der Waals surface area contributed by atoms with Crippen molar-refractivity contribution in [2.45, 2.75) is 13.8 Å². The number of fused-ring (bicyclic) bond motifs is 1. The van der Waals surface area contributed by atoms with Crippen LogP contribution in [0.25, 0.3) is 22.2 Å². The highest BCUT2D eigenvalue weighted by atomic mass is 16.5. The largest absolute Gasteiger partial charge is 0.497 e. The molecular formula is C27H24N2O4. The summed E-state index contributed by atoms with van der Waals surface area (Å²) in [6.45, 7) is 3.90. The van der Waals surface area contributed by atoms with Crippen molar-refractivity contribution in [3.63, 3.8) is 0 Å². The second-order valence-corrected chi connectivity index (χ2v) is 7.49. The molecule has 1 heterocycles. The first-order valence-corrected chi connectivity index (χ1v) is 10.6. The summed E-state index contributed by atoms with van der Waals surface area (Å²) < 4.78 is 11.2. The van der Waals surface area contributed by atoms with Gasteiger partial charge in [-0.1, -0.05) is 12.1 Å². The number of aromatic nitrogens is 1. The van der Waals surface area contributed by atoms with Crippen molar-refractivity contribution in [2.24, 2.45) is 0 Å². The minimum atomic E-state index is -0.258. The topological polar surface area (TPSA) is 77.5 Å². The van der Waals surface area contributed by atoms with Crippen molar-refractivity contribution < 1.29 is 19.1 Å². The van der Waals surface area contributed by atoms with Crippen LogP contribution in [0, 0.1) is 0 Å². The van der Waals surface area contributed by atoms with Crippen LogP contribution in [0.3, 0.4) is 0 Å². The lowest BCUT2D eigenvalue weighted by atomic mass is 10.1. The Hall–Kier alpha value is -4.19. The van der Waals surface area contributed by atoms with Gasteiger partial charge in [0.15, 0.2) is 5.78 Å². The summed E-state index contributed by atoms with van der Waals surface area (Å²) in [4.78, 5) is 29.1. The molecule has 0 bridgehead atoms. The number of ketones is 1. The summed E-state index contributed by atoms with van der Waals surface area (Å²) in [5.74, 6) is 1.12.